The van der Waals surface area contributed by atoms with Gasteiger partial charge in [-0.2, -0.15) is 0 Å². The highest BCUT2D eigenvalue weighted by Crippen LogP contribution is 2.41. The molecule has 4 aliphatic heterocycles. The number of imide groups is 2. The van der Waals surface area contributed by atoms with Gasteiger partial charge < -0.3 is 25.3 Å². The molecule has 332 valence electrons. The molecule has 2 atom stereocenters. The third-order valence-corrected chi connectivity index (χ3v) is 11.7. The number of ether oxygens (including phenoxy) is 3. The molecule has 2 spiro atoms. The van der Waals surface area contributed by atoms with Crippen LogP contribution in [0.1, 0.15) is 113 Å². The number of aromatic nitrogens is 2. The van der Waals surface area contributed by atoms with E-state index in [1.54, 1.807) is 70.4 Å². The minimum absolute atomic E-state index is 0. The summed E-state index contributed by atoms with van der Waals surface area (Å²) >= 11 is 6.65. The second kappa shape index (κ2) is 19.5. The summed E-state index contributed by atoms with van der Waals surface area (Å²) in [6, 6.07) is 10.5. The molecule has 3 saturated heterocycles. The fourth-order valence-electron chi connectivity index (χ4n) is 7.93. The molecule has 2 unspecified atom stereocenters. The van der Waals surface area contributed by atoms with Gasteiger partial charge in [-0.25, -0.2) is 24.4 Å². The van der Waals surface area contributed by atoms with Crippen molar-refractivity contribution >= 4 is 84.8 Å². The molecule has 5 heterocycles. The van der Waals surface area contributed by atoms with Crippen LogP contribution >= 0.6 is 31.9 Å². The summed E-state index contributed by atoms with van der Waals surface area (Å²) in [4.78, 5) is 91.5. The lowest BCUT2D eigenvalue weighted by Gasteiger charge is -2.37. The summed E-state index contributed by atoms with van der Waals surface area (Å²) < 4.78 is 18.8. The molecule has 0 saturated carbocycles. The second-order valence-electron chi connectivity index (χ2n) is 17.3. The van der Waals surface area contributed by atoms with Crippen molar-refractivity contribution in [2.24, 2.45) is 0 Å². The van der Waals surface area contributed by atoms with Crippen LogP contribution in [0.5, 0.6) is 5.75 Å². The minimum Gasteiger partial charge on any atom is -0.443 e. The van der Waals surface area contributed by atoms with Crippen molar-refractivity contribution in [3.63, 3.8) is 0 Å². The van der Waals surface area contributed by atoms with Crippen molar-refractivity contribution < 1.29 is 43.0 Å². The molecule has 1 aromatic heterocycles. The number of nitrogens with one attached hydrogen (secondary N) is 1. The Bertz CT molecular complexity index is 2240. The Balaban J connectivity index is 0.000000222. The van der Waals surface area contributed by atoms with E-state index in [-0.39, 0.29) is 30.7 Å². The van der Waals surface area contributed by atoms with Crippen molar-refractivity contribution in [1.82, 2.24) is 24.7 Å². The van der Waals surface area contributed by atoms with Gasteiger partial charge in [0.05, 0.1) is 27.7 Å². The summed E-state index contributed by atoms with van der Waals surface area (Å²) in [5.74, 6) is 0.641. The van der Waals surface area contributed by atoms with Gasteiger partial charge in [-0.3, -0.25) is 28.5 Å². The number of anilines is 1. The maximum Gasteiger partial charge on any atom is 0.417 e. The molecular weight excluding hydrogens is 920 g/mol. The number of halogens is 2. The lowest BCUT2D eigenvalue weighted by molar-refractivity contribution is -0.131. The zero-order valence-electron chi connectivity index (χ0n) is 34.7. The first-order valence-electron chi connectivity index (χ1n) is 19.8. The van der Waals surface area contributed by atoms with Gasteiger partial charge in [-0.15, -0.1) is 0 Å². The summed E-state index contributed by atoms with van der Waals surface area (Å²) in [6.45, 7) is 11.9. The summed E-state index contributed by atoms with van der Waals surface area (Å²) in [7, 11) is 0. The molecule has 16 nitrogen and oxygen atoms in total. The Labute approximate surface area is 372 Å². The van der Waals surface area contributed by atoms with Gasteiger partial charge in [0.1, 0.15) is 17.0 Å². The van der Waals surface area contributed by atoms with Crippen molar-refractivity contribution in [1.29, 1.82) is 0 Å². The van der Waals surface area contributed by atoms with E-state index in [4.69, 9.17) is 20.2 Å². The molecule has 4 aliphatic rings. The van der Waals surface area contributed by atoms with E-state index in [2.05, 4.69) is 41.9 Å². The van der Waals surface area contributed by atoms with Crippen LogP contribution in [-0.4, -0.2) is 84.6 Å². The van der Waals surface area contributed by atoms with Gasteiger partial charge >= 0.3 is 12.2 Å². The Hall–Kier alpha value is -4.84. The molecule has 2 aromatic carbocycles. The molecule has 0 radical (unpaired) electrons. The molecule has 3 N–H and O–H groups in total. The first-order valence-corrected chi connectivity index (χ1v) is 21.4. The molecule has 3 aromatic rings. The number of hydrogen-bond acceptors (Lipinski definition) is 12. The Morgan fingerprint density at radius 3 is 1.85 bits per heavy atom. The van der Waals surface area contributed by atoms with E-state index in [9.17, 15) is 33.6 Å². The average Bonchev–Trinajstić information content (AvgIpc) is 3.48. The number of hydrogen-bond donors (Lipinski definition) is 2. The predicted octanol–water partition coefficient (Wildman–Crippen LogP) is 7.58. The van der Waals surface area contributed by atoms with Crippen LogP contribution in [0.25, 0.3) is 10.9 Å². The largest absolute Gasteiger partial charge is 0.443 e. The van der Waals surface area contributed by atoms with E-state index in [0.29, 0.717) is 112 Å². The lowest BCUT2D eigenvalue weighted by Crippen LogP contribution is -2.51. The third-order valence-electron chi connectivity index (χ3n) is 10.7. The van der Waals surface area contributed by atoms with Crippen molar-refractivity contribution in [2.45, 2.75) is 142 Å². The highest BCUT2D eigenvalue weighted by molar-refractivity contribution is 9.10. The van der Waals surface area contributed by atoms with E-state index in [1.165, 1.54) is 9.80 Å². The van der Waals surface area contributed by atoms with Gasteiger partial charge in [0.25, 0.3) is 12.0 Å². The number of aryl methyl sites for hydroxylation is 1. The Morgan fingerprint density at radius 2 is 1.30 bits per heavy atom. The van der Waals surface area contributed by atoms with E-state index < -0.39 is 34.5 Å². The predicted molar refractivity (Wildman–Crippen MR) is 236 cm³/mol. The highest BCUT2D eigenvalue weighted by atomic mass is 79.9. The number of benzene rings is 2. The standard InChI is InChI=1S/C21H24BrN3O4.C14H22N2O4.C7H6BrNO2.CH4/c1-20(2,3)29-19(28)25-17(26)7-9-21(25)8-6-16-23-15-12-13(22)4-5-14(15)18(27)24(16)11-10-21;1-13(2,3)20-12(19)16-11(18)5-7-14(16)6-4-10(17)15-9-8-14;8-5-1-2-7(11-4-10)6(9)3-5;/h4-5,12H,6-11H2,1-3H3;4-9H2,1-3H3,(H,15,17);1-4H,9H2;1H4. The van der Waals surface area contributed by atoms with Crippen LogP contribution in [0.2, 0.25) is 0 Å². The molecule has 18 heteroatoms. The Morgan fingerprint density at radius 1 is 0.770 bits per heavy atom. The van der Waals surface area contributed by atoms with Crippen LogP contribution in [0, 0.1) is 0 Å². The normalized spacial score (nSPS) is 21.1. The van der Waals surface area contributed by atoms with Crippen molar-refractivity contribution in [3.05, 3.63) is 61.5 Å². The number of fused-ring (bicyclic) bond motifs is 2. The number of nitrogen functional groups attached to an aromatic ring is 1. The van der Waals surface area contributed by atoms with Gasteiger partial charge in [-0.1, -0.05) is 39.3 Å². The monoisotopic (exact) mass is 974 g/mol. The summed E-state index contributed by atoms with van der Waals surface area (Å²) in [6.07, 6.45) is 3.73. The molecule has 0 bridgehead atoms. The molecular formula is C43H56Br2N6O10. The number of carbonyl (C=O) groups is 6. The van der Waals surface area contributed by atoms with Crippen LogP contribution < -0.4 is 21.3 Å². The van der Waals surface area contributed by atoms with Gasteiger partial charge in [-0.05, 0) is 116 Å². The quantitative estimate of drug-likeness (QED) is 0.188. The maximum atomic E-state index is 13.0. The molecule has 61 heavy (non-hydrogen) atoms. The highest BCUT2D eigenvalue weighted by Gasteiger charge is 2.52. The Kier molecular flexibility index (Phi) is 15.6. The number of nitrogens with zero attached hydrogens (tertiary/aromatic N) is 4. The fourth-order valence-corrected chi connectivity index (χ4v) is 8.66. The molecule has 5 amide bonds. The molecule has 3 fully saturated rings. The van der Waals surface area contributed by atoms with Crippen LogP contribution in [-0.2, 0) is 41.6 Å². The zero-order chi connectivity index (χ0) is 44.2. The van der Waals surface area contributed by atoms with Crippen molar-refractivity contribution in [3.8, 4) is 5.75 Å². The van der Waals surface area contributed by atoms with Gasteiger partial charge in [0.15, 0.2) is 5.75 Å². The lowest BCUT2D eigenvalue weighted by atomic mass is 9.87. The van der Waals surface area contributed by atoms with Gasteiger partial charge in [0.2, 0.25) is 17.7 Å². The minimum atomic E-state index is -0.682. The topological polar surface area (TPSA) is 210 Å². The summed E-state index contributed by atoms with van der Waals surface area (Å²) in [5.41, 5.74) is 3.99. The van der Waals surface area contributed by atoms with E-state index in [0.717, 1.165) is 8.95 Å². The average molecular weight is 977 g/mol. The second-order valence-corrected chi connectivity index (χ2v) is 19.1. The smallest absolute Gasteiger partial charge is 0.417 e. The number of likely N-dealkylation sites (tertiary alicyclic amines) is 2. The van der Waals surface area contributed by atoms with Crippen LogP contribution in [0.4, 0.5) is 15.3 Å². The van der Waals surface area contributed by atoms with Crippen molar-refractivity contribution in [2.75, 3.05) is 12.3 Å². The number of carbonyl (C=O) groups excluding carboxylic acids is 6. The number of nitrogens with two attached hydrogens (primary N) is 1. The van der Waals surface area contributed by atoms with Crippen LogP contribution in [0.3, 0.4) is 0 Å². The van der Waals surface area contributed by atoms with E-state index >= 15 is 0 Å². The first-order chi connectivity index (χ1) is 28.1. The maximum absolute atomic E-state index is 13.0. The van der Waals surface area contributed by atoms with Gasteiger partial charge in [0, 0.05) is 47.7 Å². The molecule has 7 rings (SSSR count). The molecule has 0 aliphatic carbocycles. The SMILES string of the molecule is C.CC(C)(C)OC(=O)N1C(=O)CCC12CCNC(=O)CC2.CC(C)(C)OC(=O)N1C(=O)CCC12CCc1nc3cc(Br)ccc3c(=O)n1CC2.Nc1cc(Br)ccc1OC=O. The third kappa shape index (κ3) is 11.8. The number of amides is 5. The van der Waals surface area contributed by atoms with E-state index in [1.807, 2.05) is 12.1 Å². The summed E-state index contributed by atoms with van der Waals surface area (Å²) in [5, 5.41) is 3.36. The fraction of sp³-hybridized carbons (Fsp3) is 0.535. The zero-order valence-corrected chi connectivity index (χ0v) is 37.9. The number of rotatable bonds is 2. The van der Waals surface area contributed by atoms with Crippen LogP contribution in [0.15, 0.2) is 50.1 Å². The first kappa shape index (κ1) is 48.8.